The number of nitrogens with two attached hydrogens (primary N) is 1. The van der Waals surface area contributed by atoms with E-state index in [-0.39, 0.29) is 31.4 Å². The summed E-state index contributed by atoms with van der Waals surface area (Å²) >= 11 is 0. The first kappa shape index (κ1) is 27.3. The Balaban J connectivity index is 2.27. The zero-order valence-electron chi connectivity index (χ0n) is 18.7. The fourth-order valence-corrected chi connectivity index (χ4v) is 5.83. The summed E-state index contributed by atoms with van der Waals surface area (Å²) in [4.78, 5) is 26.1. The van der Waals surface area contributed by atoms with Gasteiger partial charge in [0.25, 0.3) is 14.1 Å². The third-order valence-corrected chi connectivity index (χ3v) is 7.67. The van der Waals surface area contributed by atoms with Gasteiger partial charge < -0.3 is 22.8 Å². The maximum atomic E-state index is 15.5. The largest absolute Gasteiger partial charge is 0.349 e. The normalized spacial score (nSPS) is 24.7. The lowest BCUT2D eigenvalue weighted by atomic mass is 10.1. The fraction of sp³-hybridized carbons (Fsp3) is 0.778. The number of nitrogens with one attached hydrogen (secondary N) is 1. The molecule has 0 radical (unpaired) electrons. The second-order valence-corrected chi connectivity index (χ2v) is 10.4. The number of aromatic amines is 1. The van der Waals surface area contributed by atoms with Gasteiger partial charge in [-0.2, -0.15) is 0 Å². The number of rotatable bonds is 13. The summed E-state index contributed by atoms with van der Waals surface area (Å²) < 4.78 is 56.6. The van der Waals surface area contributed by atoms with Crippen LogP contribution in [-0.4, -0.2) is 53.9 Å². The molecule has 2 heterocycles. The van der Waals surface area contributed by atoms with E-state index < -0.39 is 52.0 Å². The Morgan fingerprint density at radius 1 is 1.28 bits per heavy atom. The van der Waals surface area contributed by atoms with E-state index in [1.54, 1.807) is 13.8 Å². The number of hydrogen-bond donors (Lipinski definition) is 2. The van der Waals surface area contributed by atoms with Crippen LogP contribution in [0, 0.1) is 6.92 Å². The van der Waals surface area contributed by atoms with Gasteiger partial charge in [-0.3, -0.25) is 24.4 Å². The van der Waals surface area contributed by atoms with Crippen LogP contribution < -0.4 is 16.8 Å². The van der Waals surface area contributed by atoms with Crippen LogP contribution in [-0.2, 0) is 27.4 Å². The minimum absolute atomic E-state index is 0.0451. The predicted octanol–water partition coefficient (Wildman–Crippen LogP) is 2.73. The van der Waals surface area contributed by atoms with Crippen molar-refractivity contribution >= 4 is 16.1 Å². The summed E-state index contributed by atoms with van der Waals surface area (Å²) in [5.74, 6) is 0. The highest BCUT2D eigenvalue weighted by atomic mass is 31.2. The van der Waals surface area contributed by atoms with E-state index in [1.807, 2.05) is 6.92 Å². The molecule has 1 aliphatic heterocycles. The van der Waals surface area contributed by atoms with Crippen molar-refractivity contribution in [2.45, 2.75) is 65.1 Å². The molecule has 32 heavy (non-hydrogen) atoms. The van der Waals surface area contributed by atoms with Gasteiger partial charge in [-0.1, -0.05) is 6.92 Å². The Kier molecular flexibility index (Phi) is 10.6. The third-order valence-electron chi connectivity index (χ3n) is 4.67. The third kappa shape index (κ3) is 7.01. The molecular formula is C18H32FN3O8P2. The molecule has 184 valence electrons. The Morgan fingerprint density at radius 2 is 1.94 bits per heavy atom. The van der Waals surface area contributed by atoms with Crippen molar-refractivity contribution < 1.29 is 31.8 Å². The molecule has 0 aromatic carbocycles. The molecule has 1 aromatic heterocycles. The summed E-state index contributed by atoms with van der Waals surface area (Å²) in [5, 5.41) is 0. The van der Waals surface area contributed by atoms with Crippen molar-refractivity contribution in [2.75, 3.05) is 26.0 Å². The molecule has 0 saturated carbocycles. The van der Waals surface area contributed by atoms with E-state index in [2.05, 4.69) is 4.98 Å². The molecule has 5 atom stereocenters. The minimum atomic E-state index is -3.42. The summed E-state index contributed by atoms with van der Waals surface area (Å²) in [5.41, 5.74) is 4.70. The molecule has 0 amide bonds. The number of H-pyrrole nitrogens is 1. The lowest BCUT2D eigenvalue weighted by Crippen LogP contribution is -2.37. The van der Waals surface area contributed by atoms with Crippen molar-refractivity contribution in [3.8, 4) is 0 Å². The quantitative estimate of drug-likeness (QED) is 0.392. The van der Waals surface area contributed by atoms with Crippen LogP contribution in [0.15, 0.2) is 15.8 Å². The lowest BCUT2D eigenvalue weighted by molar-refractivity contribution is -0.0270. The molecule has 14 heteroatoms. The number of aromatic nitrogens is 2. The van der Waals surface area contributed by atoms with E-state index in [1.165, 1.54) is 13.1 Å². The number of halogens is 1. The topological polar surface area (TPSA) is 144 Å². The van der Waals surface area contributed by atoms with Gasteiger partial charge in [-0.25, -0.2) is 9.18 Å². The van der Waals surface area contributed by atoms with Gasteiger partial charge in [0.1, 0.15) is 6.10 Å². The molecule has 0 bridgehead atoms. The molecular weight excluding hydrogens is 467 g/mol. The first-order valence-electron chi connectivity index (χ1n) is 10.5. The Morgan fingerprint density at radius 3 is 2.53 bits per heavy atom. The molecule has 1 aromatic rings. The summed E-state index contributed by atoms with van der Waals surface area (Å²) in [6, 6.07) is 0. The van der Waals surface area contributed by atoms with E-state index in [4.69, 9.17) is 28.3 Å². The SMILES string of the molecule is CCCOP(N)O[C@H]1[C@@H](F)[C@@H](n2cc(C)c(=O)[nH]c2=O)O[C@@H]1CCP(=O)(OCC)OCC. The summed E-state index contributed by atoms with van der Waals surface area (Å²) in [6.45, 7) is 7.46. The minimum Gasteiger partial charge on any atom is -0.349 e. The first-order chi connectivity index (χ1) is 15.2. The smallest absolute Gasteiger partial charge is 0.330 e. The molecule has 11 nitrogen and oxygen atoms in total. The van der Waals surface area contributed by atoms with Gasteiger partial charge in [-0.05, 0) is 33.6 Å². The maximum Gasteiger partial charge on any atom is 0.330 e. The van der Waals surface area contributed by atoms with Crippen LogP contribution in [0.25, 0.3) is 0 Å². The van der Waals surface area contributed by atoms with E-state index in [0.717, 1.165) is 4.57 Å². The van der Waals surface area contributed by atoms with Crippen molar-refractivity contribution in [3.05, 3.63) is 32.6 Å². The van der Waals surface area contributed by atoms with Gasteiger partial charge in [0.05, 0.1) is 32.1 Å². The molecule has 0 aliphatic carbocycles. The predicted molar refractivity (Wildman–Crippen MR) is 117 cm³/mol. The number of hydrogen-bond acceptors (Lipinski definition) is 9. The standard InChI is InChI=1S/C18H32FN3O8P2/c1-5-9-26-31(20)30-15-13(8-10-32(25,27-6-2)28-7-3)29-17(14(15)19)22-11-12(4)16(23)21-18(22)24/h11,13-15,17H,5-10,20H2,1-4H3,(H,21,23,24)/t13-,14-,15-,17+,31?/m1/s1. The van der Waals surface area contributed by atoms with Crippen molar-refractivity contribution in [2.24, 2.45) is 5.50 Å². The number of ether oxygens (including phenoxy) is 1. The molecule has 0 spiro atoms. The second kappa shape index (κ2) is 12.5. The monoisotopic (exact) mass is 499 g/mol. The van der Waals surface area contributed by atoms with Gasteiger partial charge in [-0.15, -0.1) is 0 Å². The maximum absolute atomic E-state index is 15.5. The van der Waals surface area contributed by atoms with Crippen LogP contribution in [0.4, 0.5) is 4.39 Å². The average Bonchev–Trinajstić information content (AvgIpc) is 3.03. The van der Waals surface area contributed by atoms with Crippen LogP contribution in [0.5, 0.6) is 0 Å². The number of aryl methyl sites for hydroxylation is 1. The van der Waals surface area contributed by atoms with E-state index >= 15 is 4.39 Å². The van der Waals surface area contributed by atoms with Crippen molar-refractivity contribution in [3.63, 3.8) is 0 Å². The fourth-order valence-electron chi connectivity index (χ4n) is 3.23. The highest BCUT2D eigenvalue weighted by molar-refractivity contribution is 7.53. The molecule has 3 N–H and O–H groups in total. The number of alkyl halides is 1. The zero-order valence-corrected chi connectivity index (χ0v) is 20.5. The van der Waals surface area contributed by atoms with Gasteiger partial charge in [0.15, 0.2) is 12.4 Å². The molecule has 1 aliphatic rings. The van der Waals surface area contributed by atoms with Gasteiger partial charge >= 0.3 is 13.3 Å². The molecule has 1 fully saturated rings. The molecule has 2 rings (SSSR count). The van der Waals surface area contributed by atoms with Crippen molar-refractivity contribution in [1.29, 1.82) is 0 Å². The molecule has 1 saturated heterocycles. The second-order valence-electron chi connectivity index (χ2n) is 7.14. The lowest BCUT2D eigenvalue weighted by Gasteiger charge is -2.24. The average molecular weight is 499 g/mol. The Labute approximate surface area is 187 Å². The zero-order chi connectivity index (χ0) is 23.9. The van der Waals surface area contributed by atoms with Crippen LogP contribution in [0.1, 0.15) is 45.4 Å². The number of nitrogens with zero attached hydrogens (tertiary/aromatic N) is 1. The summed E-state index contributed by atoms with van der Waals surface area (Å²) in [7, 11) is -5.32. The van der Waals surface area contributed by atoms with Gasteiger partial charge in [0, 0.05) is 11.8 Å². The Hall–Kier alpha value is -0.970. The van der Waals surface area contributed by atoms with Crippen LogP contribution >= 0.6 is 16.1 Å². The van der Waals surface area contributed by atoms with Crippen LogP contribution in [0.2, 0.25) is 0 Å². The summed E-state index contributed by atoms with van der Waals surface area (Å²) in [6.07, 6.45) is -3.35. The van der Waals surface area contributed by atoms with Crippen molar-refractivity contribution in [1.82, 2.24) is 9.55 Å². The highest BCUT2D eigenvalue weighted by Crippen LogP contribution is 2.50. The highest BCUT2D eigenvalue weighted by Gasteiger charge is 2.49. The molecule has 1 unspecified atom stereocenters. The van der Waals surface area contributed by atoms with E-state index in [0.29, 0.717) is 13.0 Å². The Bertz CT molecular complexity index is 888. The van der Waals surface area contributed by atoms with Crippen LogP contribution in [0.3, 0.4) is 0 Å². The first-order valence-corrected chi connectivity index (χ1v) is 13.5. The van der Waals surface area contributed by atoms with Gasteiger partial charge in [0.2, 0.25) is 0 Å². The van der Waals surface area contributed by atoms with E-state index in [9.17, 15) is 14.2 Å².